The lowest BCUT2D eigenvalue weighted by atomic mass is 10.1. The lowest BCUT2D eigenvalue weighted by molar-refractivity contribution is -0.117. The summed E-state index contributed by atoms with van der Waals surface area (Å²) in [5.74, 6) is -0.0560. The number of nitrogens with zero attached hydrogens (tertiary/aromatic N) is 1. The van der Waals surface area contributed by atoms with Crippen molar-refractivity contribution < 1.29 is 9.59 Å². The van der Waals surface area contributed by atoms with E-state index < -0.39 is 0 Å². The van der Waals surface area contributed by atoms with Gasteiger partial charge in [0, 0.05) is 23.7 Å². The third kappa shape index (κ3) is 4.55. The molecule has 1 saturated carbocycles. The molecule has 1 fully saturated rings. The number of carbonyl (C=O) groups excluding carboxylic acids is 2. The molecular formula is C24H24N4O3S. The third-order valence-corrected chi connectivity index (χ3v) is 5.85. The molecule has 1 heterocycles. The molecule has 2 amide bonds. The number of allylic oxidation sites excluding steroid dienone is 1. The fourth-order valence-corrected chi connectivity index (χ4v) is 3.77. The number of aromatic amines is 1. The Labute approximate surface area is 190 Å². The minimum atomic E-state index is -0.264. The second-order valence-corrected chi connectivity index (χ2v) is 8.36. The summed E-state index contributed by atoms with van der Waals surface area (Å²) in [4.78, 5) is 40.3. The zero-order chi connectivity index (χ0) is 22.8. The SMILES string of the molecule is C=CCn1c(=S)[nH]c2cc(C(=O)NC(C)c3ccc(NC(=O)C4CC4)cc3)ccc2c1=O. The fourth-order valence-electron chi connectivity index (χ4n) is 3.50. The van der Waals surface area contributed by atoms with Gasteiger partial charge >= 0.3 is 0 Å². The zero-order valence-corrected chi connectivity index (χ0v) is 18.5. The standard InChI is InChI=1S/C24H24N4O3S/c1-3-12-28-23(31)19-11-8-17(13-20(19)27-24(28)32)22(30)25-14(2)15-6-9-18(10-7-15)26-21(29)16-4-5-16/h3,6-11,13-14,16H,1,4-5,12H2,2H3,(H,25,30)(H,26,29)(H,27,32). The smallest absolute Gasteiger partial charge is 0.262 e. The van der Waals surface area contributed by atoms with Gasteiger partial charge in [-0.15, -0.1) is 6.58 Å². The molecule has 3 aromatic rings. The highest BCUT2D eigenvalue weighted by atomic mass is 32.1. The van der Waals surface area contributed by atoms with Gasteiger partial charge in [-0.05, 0) is 67.9 Å². The summed E-state index contributed by atoms with van der Waals surface area (Å²) in [6.07, 6.45) is 3.52. The summed E-state index contributed by atoms with van der Waals surface area (Å²) in [5, 5.41) is 6.32. The maximum Gasteiger partial charge on any atom is 0.262 e. The molecule has 1 aliphatic carbocycles. The highest BCUT2D eigenvalue weighted by Gasteiger charge is 2.29. The first-order valence-corrected chi connectivity index (χ1v) is 10.9. The average Bonchev–Trinajstić information content (AvgIpc) is 3.62. The first-order valence-electron chi connectivity index (χ1n) is 10.5. The fraction of sp³-hybridized carbons (Fsp3) is 0.250. The minimum Gasteiger partial charge on any atom is -0.346 e. The molecule has 1 atom stereocenters. The van der Waals surface area contributed by atoms with E-state index in [0.29, 0.717) is 23.0 Å². The van der Waals surface area contributed by atoms with Crippen molar-refractivity contribution in [3.05, 3.63) is 81.4 Å². The first-order chi connectivity index (χ1) is 15.4. The van der Waals surface area contributed by atoms with Crippen molar-refractivity contribution in [1.82, 2.24) is 14.9 Å². The summed E-state index contributed by atoms with van der Waals surface area (Å²) < 4.78 is 1.70. The molecule has 0 radical (unpaired) electrons. The van der Waals surface area contributed by atoms with Gasteiger partial charge in [-0.1, -0.05) is 18.2 Å². The summed E-state index contributed by atoms with van der Waals surface area (Å²) in [5.41, 5.74) is 2.37. The van der Waals surface area contributed by atoms with Gasteiger partial charge in [0.15, 0.2) is 4.77 Å². The molecule has 8 heteroatoms. The molecule has 3 N–H and O–H groups in total. The van der Waals surface area contributed by atoms with Crippen molar-refractivity contribution in [3.8, 4) is 0 Å². The Balaban J connectivity index is 1.48. The van der Waals surface area contributed by atoms with Crippen LogP contribution in [-0.4, -0.2) is 21.4 Å². The van der Waals surface area contributed by atoms with Gasteiger partial charge in [0.2, 0.25) is 5.91 Å². The van der Waals surface area contributed by atoms with Crippen LogP contribution >= 0.6 is 12.2 Å². The number of nitrogens with one attached hydrogen (secondary N) is 3. The maximum atomic E-state index is 12.8. The first kappa shape index (κ1) is 21.7. The van der Waals surface area contributed by atoms with Crippen molar-refractivity contribution in [3.63, 3.8) is 0 Å². The predicted octanol–water partition coefficient (Wildman–Crippen LogP) is 4.08. The Kier molecular flexibility index (Phi) is 6.05. The van der Waals surface area contributed by atoms with E-state index >= 15 is 0 Å². The van der Waals surface area contributed by atoms with Crippen LogP contribution in [0.3, 0.4) is 0 Å². The number of anilines is 1. The van der Waals surface area contributed by atoms with Crippen molar-refractivity contribution in [1.29, 1.82) is 0 Å². The second-order valence-electron chi connectivity index (χ2n) is 7.98. The van der Waals surface area contributed by atoms with Gasteiger partial charge in [-0.3, -0.25) is 19.0 Å². The monoisotopic (exact) mass is 448 g/mol. The van der Waals surface area contributed by atoms with E-state index in [1.54, 1.807) is 24.3 Å². The Morgan fingerprint density at radius 1 is 1.25 bits per heavy atom. The molecule has 1 aromatic heterocycles. The van der Waals surface area contributed by atoms with Crippen LogP contribution in [0.5, 0.6) is 0 Å². The Bertz CT molecular complexity index is 1320. The normalized spacial score (nSPS) is 14.0. The summed E-state index contributed by atoms with van der Waals surface area (Å²) >= 11 is 5.26. The van der Waals surface area contributed by atoms with E-state index in [4.69, 9.17) is 12.2 Å². The van der Waals surface area contributed by atoms with E-state index in [2.05, 4.69) is 22.2 Å². The molecule has 0 bridgehead atoms. The topological polar surface area (TPSA) is 96.0 Å². The van der Waals surface area contributed by atoms with Crippen LogP contribution in [0, 0.1) is 10.7 Å². The molecule has 7 nitrogen and oxygen atoms in total. The van der Waals surface area contributed by atoms with Crippen molar-refractivity contribution >= 4 is 40.6 Å². The predicted molar refractivity (Wildman–Crippen MR) is 127 cm³/mol. The van der Waals surface area contributed by atoms with Crippen molar-refractivity contribution in [2.75, 3.05) is 5.32 Å². The van der Waals surface area contributed by atoms with Crippen molar-refractivity contribution in [2.24, 2.45) is 5.92 Å². The van der Waals surface area contributed by atoms with Crippen LogP contribution < -0.4 is 16.2 Å². The molecule has 32 heavy (non-hydrogen) atoms. The number of benzene rings is 2. The zero-order valence-electron chi connectivity index (χ0n) is 17.7. The van der Waals surface area contributed by atoms with Gasteiger partial charge in [0.25, 0.3) is 11.5 Å². The summed E-state index contributed by atoms with van der Waals surface area (Å²) in [6.45, 7) is 5.84. The number of hydrogen-bond donors (Lipinski definition) is 3. The molecule has 0 saturated heterocycles. The lowest BCUT2D eigenvalue weighted by Crippen LogP contribution is -2.27. The average molecular weight is 449 g/mol. The van der Waals surface area contributed by atoms with Crippen molar-refractivity contribution in [2.45, 2.75) is 32.4 Å². The number of amides is 2. The number of H-pyrrole nitrogens is 1. The molecule has 1 aliphatic rings. The van der Waals surface area contributed by atoms with Gasteiger partial charge in [-0.25, -0.2) is 0 Å². The molecule has 0 spiro atoms. The summed E-state index contributed by atoms with van der Waals surface area (Å²) in [7, 11) is 0. The van der Waals surface area contributed by atoms with E-state index in [0.717, 1.165) is 24.1 Å². The highest BCUT2D eigenvalue weighted by molar-refractivity contribution is 7.71. The number of aromatic nitrogens is 2. The molecular weight excluding hydrogens is 424 g/mol. The van der Waals surface area contributed by atoms with Crippen LogP contribution in [0.2, 0.25) is 0 Å². The highest BCUT2D eigenvalue weighted by Crippen LogP contribution is 2.30. The van der Waals surface area contributed by atoms with E-state index in [-0.39, 0.29) is 34.1 Å². The largest absolute Gasteiger partial charge is 0.346 e. The van der Waals surface area contributed by atoms with Crippen LogP contribution in [0.15, 0.2) is 59.9 Å². The maximum absolute atomic E-state index is 12.8. The van der Waals surface area contributed by atoms with Crippen LogP contribution in [0.1, 0.15) is 41.7 Å². The number of fused-ring (bicyclic) bond motifs is 1. The Hall–Kier alpha value is -3.52. The van der Waals surface area contributed by atoms with E-state index in [1.807, 2.05) is 31.2 Å². The Morgan fingerprint density at radius 3 is 2.62 bits per heavy atom. The Morgan fingerprint density at radius 2 is 1.97 bits per heavy atom. The molecule has 1 unspecified atom stereocenters. The summed E-state index contributed by atoms with van der Waals surface area (Å²) in [6, 6.07) is 12.1. The van der Waals surface area contributed by atoms with Crippen LogP contribution in [0.25, 0.3) is 10.9 Å². The van der Waals surface area contributed by atoms with Gasteiger partial charge in [-0.2, -0.15) is 0 Å². The van der Waals surface area contributed by atoms with E-state index in [1.165, 1.54) is 4.57 Å². The van der Waals surface area contributed by atoms with Gasteiger partial charge < -0.3 is 15.6 Å². The quantitative estimate of drug-likeness (QED) is 0.375. The van der Waals surface area contributed by atoms with E-state index in [9.17, 15) is 14.4 Å². The number of rotatable bonds is 7. The number of carbonyl (C=O) groups is 2. The van der Waals surface area contributed by atoms with Gasteiger partial charge in [0.05, 0.1) is 16.9 Å². The second kappa shape index (κ2) is 8.92. The van der Waals surface area contributed by atoms with Crippen LogP contribution in [-0.2, 0) is 11.3 Å². The molecule has 164 valence electrons. The van der Waals surface area contributed by atoms with Crippen LogP contribution in [0.4, 0.5) is 5.69 Å². The molecule has 2 aromatic carbocycles. The number of hydrogen-bond acceptors (Lipinski definition) is 4. The molecule has 4 rings (SSSR count). The van der Waals surface area contributed by atoms with Gasteiger partial charge in [0.1, 0.15) is 0 Å². The lowest BCUT2D eigenvalue weighted by Gasteiger charge is -2.15. The third-order valence-electron chi connectivity index (χ3n) is 5.53. The molecule has 0 aliphatic heterocycles. The minimum absolute atomic E-state index is 0.0608.